The minimum Gasteiger partial charge on any atom is -0.347 e. The summed E-state index contributed by atoms with van der Waals surface area (Å²) in [5, 5.41) is 3.85. The number of anilines is 1. The second-order valence-corrected chi connectivity index (χ2v) is 8.08. The molecule has 0 radical (unpaired) electrons. The van der Waals surface area contributed by atoms with Gasteiger partial charge in [0.25, 0.3) is 0 Å². The fourth-order valence-corrected chi connectivity index (χ4v) is 3.87. The van der Waals surface area contributed by atoms with Gasteiger partial charge in [0.2, 0.25) is 0 Å². The predicted octanol–water partition coefficient (Wildman–Crippen LogP) is 3.18. The van der Waals surface area contributed by atoms with Gasteiger partial charge in [0.1, 0.15) is 0 Å². The van der Waals surface area contributed by atoms with Gasteiger partial charge in [-0.2, -0.15) is 0 Å². The lowest BCUT2D eigenvalue weighted by Crippen LogP contribution is -2.41. The third-order valence-corrected chi connectivity index (χ3v) is 5.20. The van der Waals surface area contributed by atoms with E-state index in [1.165, 1.54) is 0 Å². The molecule has 3 rings (SSSR count). The van der Waals surface area contributed by atoms with Crippen LogP contribution in [0.2, 0.25) is 0 Å². The Morgan fingerprint density at radius 1 is 1.11 bits per heavy atom. The number of carbonyl (C=O) groups excluding carboxylic acids is 2. The zero-order chi connectivity index (χ0) is 20.1. The quantitative estimate of drug-likeness (QED) is 0.806. The van der Waals surface area contributed by atoms with Gasteiger partial charge in [0.15, 0.2) is 0 Å². The van der Waals surface area contributed by atoms with E-state index in [1.54, 1.807) is 4.90 Å². The normalized spacial score (nSPS) is 15.8. The average Bonchev–Trinajstić information content (AvgIpc) is 2.89. The first-order chi connectivity index (χ1) is 13.5. The number of fused-ring (bicyclic) bond motifs is 1. The van der Waals surface area contributed by atoms with Crippen LogP contribution < -0.4 is 5.32 Å². The zero-order valence-electron chi connectivity index (χ0n) is 17.3. The van der Waals surface area contributed by atoms with Crippen molar-refractivity contribution in [2.24, 2.45) is 5.92 Å². The molecule has 1 fully saturated rings. The van der Waals surface area contributed by atoms with Gasteiger partial charge in [-0.1, -0.05) is 20.8 Å². The molecule has 6 heteroatoms. The van der Waals surface area contributed by atoms with Gasteiger partial charge in [-0.15, -0.1) is 0 Å². The molecule has 0 aliphatic carbocycles. The van der Waals surface area contributed by atoms with Crippen LogP contribution in [0.15, 0.2) is 30.5 Å². The Morgan fingerprint density at radius 3 is 2.68 bits per heavy atom. The molecule has 0 atom stereocenters. The topological polar surface area (TPSA) is 57.6 Å². The van der Waals surface area contributed by atoms with Gasteiger partial charge in [0, 0.05) is 49.0 Å². The van der Waals surface area contributed by atoms with E-state index in [9.17, 15) is 9.59 Å². The SMILES string of the molecule is CCCN1CCCN(C(=O)C(=O)Nc2ccc3c(ccn3CC(C)C)c2)CC1. The molecule has 152 valence electrons. The smallest absolute Gasteiger partial charge is 0.313 e. The Balaban J connectivity index is 1.63. The summed E-state index contributed by atoms with van der Waals surface area (Å²) in [6, 6.07) is 7.86. The number of nitrogens with one attached hydrogen (secondary N) is 1. The van der Waals surface area contributed by atoms with E-state index in [4.69, 9.17) is 0 Å². The standard InChI is InChI=1S/C22H32N4O2/c1-4-9-24-10-5-11-25(14-13-24)22(28)21(27)23-19-6-7-20-18(15-19)8-12-26(20)16-17(2)3/h6-8,12,15,17H,4-5,9-11,13-14,16H2,1-3H3,(H,23,27). The predicted molar refractivity (Wildman–Crippen MR) is 113 cm³/mol. The second kappa shape index (κ2) is 9.24. The van der Waals surface area contributed by atoms with Gasteiger partial charge >= 0.3 is 11.8 Å². The minimum absolute atomic E-state index is 0.434. The Hall–Kier alpha value is -2.34. The highest BCUT2D eigenvalue weighted by Crippen LogP contribution is 2.21. The third kappa shape index (κ3) is 4.93. The van der Waals surface area contributed by atoms with Crippen LogP contribution in [0.1, 0.15) is 33.6 Å². The first-order valence-corrected chi connectivity index (χ1v) is 10.4. The van der Waals surface area contributed by atoms with Crippen LogP contribution >= 0.6 is 0 Å². The maximum atomic E-state index is 12.6. The van der Waals surface area contributed by atoms with Crippen LogP contribution in [-0.4, -0.2) is 58.9 Å². The maximum Gasteiger partial charge on any atom is 0.313 e. The Kier molecular flexibility index (Phi) is 6.73. The molecule has 2 amide bonds. The van der Waals surface area contributed by atoms with Crippen molar-refractivity contribution in [1.82, 2.24) is 14.4 Å². The van der Waals surface area contributed by atoms with Crippen molar-refractivity contribution in [1.29, 1.82) is 0 Å². The van der Waals surface area contributed by atoms with E-state index >= 15 is 0 Å². The van der Waals surface area contributed by atoms with Gasteiger partial charge in [-0.3, -0.25) is 9.59 Å². The maximum absolute atomic E-state index is 12.6. The molecular formula is C22H32N4O2. The van der Waals surface area contributed by atoms with E-state index in [2.05, 4.69) is 41.8 Å². The lowest BCUT2D eigenvalue weighted by atomic mass is 10.2. The van der Waals surface area contributed by atoms with Crippen molar-refractivity contribution in [2.45, 2.75) is 40.2 Å². The van der Waals surface area contributed by atoms with Crippen LogP contribution in [0.25, 0.3) is 10.9 Å². The van der Waals surface area contributed by atoms with Crippen molar-refractivity contribution in [3.05, 3.63) is 30.5 Å². The molecule has 1 aromatic heterocycles. The van der Waals surface area contributed by atoms with E-state index in [0.717, 1.165) is 49.9 Å². The molecule has 1 aliphatic heterocycles. The minimum atomic E-state index is -0.551. The Labute approximate surface area is 167 Å². The van der Waals surface area contributed by atoms with Crippen molar-refractivity contribution in [3.63, 3.8) is 0 Å². The van der Waals surface area contributed by atoms with Gasteiger partial charge in [0.05, 0.1) is 0 Å². The lowest BCUT2D eigenvalue weighted by molar-refractivity contribution is -0.143. The number of benzene rings is 1. The fourth-order valence-electron chi connectivity index (χ4n) is 3.87. The average molecular weight is 385 g/mol. The highest BCUT2D eigenvalue weighted by molar-refractivity contribution is 6.39. The van der Waals surface area contributed by atoms with Gasteiger partial charge in [-0.05, 0) is 56.1 Å². The molecule has 0 bridgehead atoms. The first kappa shape index (κ1) is 20.4. The fraction of sp³-hybridized carbons (Fsp3) is 0.545. The molecule has 0 saturated carbocycles. The van der Waals surface area contributed by atoms with E-state index in [1.807, 2.05) is 24.3 Å². The summed E-state index contributed by atoms with van der Waals surface area (Å²) < 4.78 is 2.22. The molecule has 28 heavy (non-hydrogen) atoms. The van der Waals surface area contributed by atoms with Crippen LogP contribution in [-0.2, 0) is 16.1 Å². The monoisotopic (exact) mass is 384 g/mol. The largest absolute Gasteiger partial charge is 0.347 e. The Morgan fingerprint density at radius 2 is 1.93 bits per heavy atom. The van der Waals surface area contributed by atoms with Crippen LogP contribution in [0.4, 0.5) is 5.69 Å². The van der Waals surface area contributed by atoms with E-state index < -0.39 is 11.8 Å². The second-order valence-electron chi connectivity index (χ2n) is 8.08. The van der Waals surface area contributed by atoms with E-state index in [-0.39, 0.29) is 0 Å². The van der Waals surface area contributed by atoms with Gasteiger partial charge in [-0.25, -0.2) is 0 Å². The highest BCUT2D eigenvalue weighted by Gasteiger charge is 2.24. The molecule has 2 heterocycles. The van der Waals surface area contributed by atoms with Crippen molar-refractivity contribution in [3.8, 4) is 0 Å². The first-order valence-electron chi connectivity index (χ1n) is 10.4. The summed E-state index contributed by atoms with van der Waals surface area (Å²) in [6.07, 6.45) is 4.09. The van der Waals surface area contributed by atoms with Crippen molar-refractivity contribution >= 4 is 28.4 Å². The van der Waals surface area contributed by atoms with Crippen molar-refractivity contribution < 1.29 is 9.59 Å². The van der Waals surface area contributed by atoms with Crippen LogP contribution in [0, 0.1) is 5.92 Å². The number of amides is 2. The Bertz CT molecular complexity index is 827. The summed E-state index contributed by atoms with van der Waals surface area (Å²) in [5.41, 5.74) is 1.80. The summed E-state index contributed by atoms with van der Waals surface area (Å²) in [5.74, 6) is -0.421. The number of hydrogen-bond acceptors (Lipinski definition) is 3. The third-order valence-electron chi connectivity index (χ3n) is 5.20. The summed E-state index contributed by atoms with van der Waals surface area (Å²) in [4.78, 5) is 29.1. The summed E-state index contributed by atoms with van der Waals surface area (Å²) in [6.45, 7) is 11.6. The molecule has 1 saturated heterocycles. The molecule has 1 aromatic carbocycles. The molecule has 1 aliphatic rings. The number of nitrogens with zero attached hydrogens (tertiary/aromatic N) is 3. The molecule has 1 N–H and O–H groups in total. The summed E-state index contributed by atoms with van der Waals surface area (Å²) in [7, 11) is 0. The van der Waals surface area contributed by atoms with Crippen LogP contribution in [0.5, 0.6) is 0 Å². The lowest BCUT2D eigenvalue weighted by Gasteiger charge is -2.21. The number of aromatic nitrogens is 1. The molecule has 0 spiro atoms. The molecule has 6 nitrogen and oxygen atoms in total. The number of hydrogen-bond donors (Lipinski definition) is 1. The molecule has 0 unspecified atom stereocenters. The zero-order valence-corrected chi connectivity index (χ0v) is 17.3. The van der Waals surface area contributed by atoms with Crippen LogP contribution in [0.3, 0.4) is 0 Å². The number of rotatable bonds is 5. The molecule has 2 aromatic rings. The van der Waals surface area contributed by atoms with E-state index in [0.29, 0.717) is 24.7 Å². The summed E-state index contributed by atoms with van der Waals surface area (Å²) >= 11 is 0. The van der Waals surface area contributed by atoms with Crippen molar-refractivity contribution in [2.75, 3.05) is 38.0 Å². The highest BCUT2D eigenvalue weighted by atomic mass is 16.2. The molecular weight excluding hydrogens is 352 g/mol. The number of carbonyl (C=O) groups is 2. The van der Waals surface area contributed by atoms with Gasteiger partial charge < -0.3 is 19.7 Å².